The predicted molar refractivity (Wildman–Crippen MR) is 66.7 cm³/mol. The van der Waals surface area contributed by atoms with Crippen LogP contribution in [-0.2, 0) is 25.9 Å². The van der Waals surface area contributed by atoms with Gasteiger partial charge in [0.2, 0.25) is 14.9 Å². The predicted octanol–water partition coefficient (Wildman–Crippen LogP) is 0.676. The first kappa shape index (κ1) is 14.6. The topological polar surface area (TPSA) is 99.0 Å². The highest BCUT2D eigenvalue weighted by atomic mass is 32.3. The molecule has 2 aromatic rings. The number of benzene rings is 1. The van der Waals surface area contributed by atoms with E-state index in [2.05, 4.69) is 10.3 Å². The SMILES string of the molecule is Cc1ccc(S(=O)(=O)c2cn(CS(=O)(=O)F)nn2)cc1. The number of nitrogens with zero attached hydrogens (tertiary/aromatic N) is 3. The van der Waals surface area contributed by atoms with Crippen LogP contribution in [0.3, 0.4) is 0 Å². The third-order valence-electron chi connectivity index (χ3n) is 2.41. The molecule has 0 aliphatic carbocycles. The molecular weight excluding hydrogens is 309 g/mol. The standard InChI is InChI=1S/C10H10FN3O4S2/c1-8-2-4-9(5-3-8)20(17,18)10-6-14(13-12-10)7-19(11,15)16/h2-6H,7H2,1H3. The lowest BCUT2D eigenvalue weighted by molar-refractivity contribution is 0.528. The molecule has 0 saturated heterocycles. The summed E-state index contributed by atoms with van der Waals surface area (Å²) in [5.41, 5.74) is 0.885. The molecular formula is C10H10FN3O4S2. The fraction of sp³-hybridized carbons (Fsp3) is 0.200. The molecule has 0 bridgehead atoms. The third-order valence-corrected chi connectivity index (χ3v) is 4.61. The molecule has 20 heavy (non-hydrogen) atoms. The van der Waals surface area contributed by atoms with E-state index >= 15 is 0 Å². The molecule has 0 amide bonds. The Hall–Kier alpha value is -1.81. The average molecular weight is 319 g/mol. The maximum absolute atomic E-state index is 12.5. The molecule has 2 rings (SSSR count). The normalized spacial score (nSPS) is 12.5. The molecule has 1 aromatic heterocycles. The van der Waals surface area contributed by atoms with Crippen LogP contribution in [0.2, 0.25) is 0 Å². The highest BCUT2D eigenvalue weighted by molar-refractivity contribution is 7.91. The van der Waals surface area contributed by atoms with Crippen LogP contribution >= 0.6 is 0 Å². The van der Waals surface area contributed by atoms with Gasteiger partial charge in [-0.05, 0) is 19.1 Å². The Morgan fingerprint density at radius 3 is 2.30 bits per heavy atom. The molecule has 10 heteroatoms. The second-order valence-electron chi connectivity index (χ2n) is 4.08. The lowest BCUT2D eigenvalue weighted by atomic mass is 10.2. The summed E-state index contributed by atoms with van der Waals surface area (Å²) in [6.45, 7) is 1.80. The fourth-order valence-corrected chi connectivity index (χ4v) is 3.05. The van der Waals surface area contributed by atoms with Crippen LogP contribution in [0.1, 0.15) is 5.56 Å². The van der Waals surface area contributed by atoms with Gasteiger partial charge in [0.1, 0.15) is 0 Å². The molecule has 0 fully saturated rings. The van der Waals surface area contributed by atoms with E-state index in [-0.39, 0.29) is 4.90 Å². The van der Waals surface area contributed by atoms with Gasteiger partial charge in [-0.15, -0.1) is 8.98 Å². The molecule has 0 unspecified atom stereocenters. The first-order chi connectivity index (χ1) is 9.18. The van der Waals surface area contributed by atoms with E-state index in [1.165, 1.54) is 12.1 Å². The van der Waals surface area contributed by atoms with Crippen molar-refractivity contribution >= 4 is 20.1 Å². The van der Waals surface area contributed by atoms with Crippen LogP contribution in [0.25, 0.3) is 0 Å². The minimum absolute atomic E-state index is 0.00162. The van der Waals surface area contributed by atoms with Crippen LogP contribution in [0.5, 0.6) is 0 Å². The van der Waals surface area contributed by atoms with Crippen LogP contribution < -0.4 is 0 Å². The van der Waals surface area contributed by atoms with Crippen molar-refractivity contribution in [3.63, 3.8) is 0 Å². The summed E-state index contributed by atoms with van der Waals surface area (Å²) < 4.78 is 58.3. The van der Waals surface area contributed by atoms with Gasteiger partial charge < -0.3 is 0 Å². The van der Waals surface area contributed by atoms with E-state index in [4.69, 9.17) is 0 Å². The van der Waals surface area contributed by atoms with Gasteiger partial charge in [0, 0.05) is 0 Å². The minimum Gasteiger partial charge on any atom is -0.233 e. The molecule has 7 nitrogen and oxygen atoms in total. The number of sulfone groups is 1. The van der Waals surface area contributed by atoms with E-state index in [1.807, 2.05) is 0 Å². The van der Waals surface area contributed by atoms with Crippen molar-refractivity contribution in [1.29, 1.82) is 0 Å². The minimum atomic E-state index is -4.81. The van der Waals surface area contributed by atoms with Crippen LogP contribution in [0.4, 0.5) is 3.89 Å². The van der Waals surface area contributed by atoms with Crippen molar-refractivity contribution in [3.8, 4) is 0 Å². The van der Waals surface area contributed by atoms with Gasteiger partial charge in [0.15, 0.2) is 5.88 Å². The van der Waals surface area contributed by atoms with Crippen LogP contribution in [-0.4, -0.2) is 31.8 Å². The molecule has 0 aliphatic heterocycles. The first-order valence-electron chi connectivity index (χ1n) is 5.33. The molecule has 1 aromatic carbocycles. The van der Waals surface area contributed by atoms with Crippen molar-refractivity contribution < 1.29 is 20.7 Å². The van der Waals surface area contributed by atoms with Gasteiger partial charge in [-0.2, -0.15) is 8.42 Å². The van der Waals surface area contributed by atoms with Crippen molar-refractivity contribution in [3.05, 3.63) is 36.0 Å². The highest BCUT2D eigenvalue weighted by Crippen LogP contribution is 2.18. The zero-order valence-corrected chi connectivity index (χ0v) is 11.9. The number of aryl methyl sites for hydroxylation is 1. The van der Waals surface area contributed by atoms with E-state index in [1.54, 1.807) is 19.1 Å². The van der Waals surface area contributed by atoms with Gasteiger partial charge in [-0.1, -0.05) is 22.9 Å². The van der Waals surface area contributed by atoms with Crippen LogP contribution in [0.15, 0.2) is 40.4 Å². The van der Waals surface area contributed by atoms with Crippen molar-refractivity contribution in [2.45, 2.75) is 22.7 Å². The van der Waals surface area contributed by atoms with Gasteiger partial charge in [-0.25, -0.2) is 13.1 Å². The molecule has 0 N–H and O–H groups in total. The van der Waals surface area contributed by atoms with Gasteiger partial charge >= 0.3 is 10.2 Å². The fourth-order valence-electron chi connectivity index (χ4n) is 1.46. The summed E-state index contributed by atoms with van der Waals surface area (Å²) in [4.78, 5) is -0.00162. The van der Waals surface area contributed by atoms with E-state index in [0.717, 1.165) is 11.8 Å². The van der Waals surface area contributed by atoms with Gasteiger partial charge in [0.25, 0.3) is 0 Å². The van der Waals surface area contributed by atoms with Gasteiger partial charge in [0.05, 0.1) is 11.1 Å². The zero-order valence-electron chi connectivity index (χ0n) is 10.3. The number of halogens is 1. The molecule has 0 aliphatic rings. The van der Waals surface area contributed by atoms with E-state index in [9.17, 15) is 20.7 Å². The second kappa shape index (κ2) is 4.94. The molecule has 0 spiro atoms. The molecule has 0 atom stereocenters. The maximum Gasteiger partial charge on any atom is 0.322 e. The Labute approximate surface area is 115 Å². The van der Waals surface area contributed by atoms with E-state index in [0.29, 0.717) is 4.68 Å². The molecule has 0 saturated carbocycles. The number of rotatable bonds is 4. The number of hydrogen-bond acceptors (Lipinski definition) is 6. The monoisotopic (exact) mass is 319 g/mol. The van der Waals surface area contributed by atoms with Gasteiger partial charge in [-0.3, -0.25) is 0 Å². The first-order valence-corrected chi connectivity index (χ1v) is 8.36. The Balaban J connectivity index is 2.38. The summed E-state index contributed by atoms with van der Waals surface area (Å²) in [5, 5.41) is 6.20. The molecule has 108 valence electrons. The summed E-state index contributed by atoms with van der Waals surface area (Å²) in [6.07, 6.45) is 0.867. The van der Waals surface area contributed by atoms with E-state index < -0.39 is 31.0 Å². The quantitative estimate of drug-likeness (QED) is 0.768. The highest BCUT2D eigenvalue weighted by Gasteiger charge is 2.22. The zero-order chi connectivity index (χ0) is 15.0. The lowest BCUT2D eigenvalue weighted by Gasteiger charge is -2.00. The molecule has 1 heterocycles. The Bertz CT molecular complexity index is 826. The van der Waals surface area contributed by atoms with Crippen molar-refractivity contribution in [1.82, 2.24) is 15.0 Å². The Morgan fingerprint density at radius 2 is 1.75 bits per heavy atom. The average Bonchev–Trinajstić information content (AvgIpc) is 2.76. The number of hydrogen-bond donors (Lipinski definition) is 0. The largest absolute Gasteiger partial charge is 0.322 e. The maximum atomic E-state index is 12.5. The smallest absolute Gasteiger partial charge is 0.233 e. The van der Waals surface area contributed by atoms with Crippen molar-refractivity contribution in [2.75, 3.05) is 0 Å². The molecule has 0 radical (unpaired) electrons. The summed E-state index contributed by atoms with van der Waals surface area (Å²) >= 11 is 0. The Morgan fingerprint density at radius 1 is 1.15 bits per heavy atom. The summed E-state index contributed by atoms with van der Waals surface area (Å²) in [6, 6.07) is 6.03. The Kier molecular flexibility index (Phi) is 3.61. The summed E-state index contributed by atoms with van der Waals surface area (Å²) in [7, 11) is -8.72. The summed E-state index contributed by atoms with van der Waals surface area (Å²) in [5.74, 6) is -1.08. The van der Waals surface area contributed by atoms with Crippen molar-refractivity contribution in [2.24, 2.45) is 0 Å². The van der Waals surface area contributed by atoms with Crippen LogP contribution in [0, 0.1) is 6.92 Å². The lowest BCUT2D eigenvalue weighted by Crippen LogP contribution is -2.06. The number of aromatic nitrogens is 3. The second-order valence-corrected chi connectivity index (χ2v) is 7.31. The third kappa shape index (κ3) is 3.20.